The number of nitrogens with one attached hydrogen (secondary N) is 2. The van der Waals surface area contributed by atoms with Crippen molar-refractivity contribution in [2.75, 3.05) is 39.3 Å². The van der Waals surface area contributed by atoms with Gasteiger partial charge in [0.2, 0.25) is 5.91 Å². The van der Waals surface area contributed by atoms with Crippen LogP contribution in [0.2, 0.25) is 0 Å². The Kier molecular flexibility index (Phi) is 7.65. The molecule has 4 rings (SSSR count). The first-order valence-corrected chi connectivity index (χ1v) is 12.4. The van der Waals surface area contributed by atoms with Gasteiger partial charge in [-0.15, -0.1) is 0 Å². The molecule has 0 bridgehead atoms. The van der Waals surface area contributed by atoms with Gasteiger partial charge < -0.3 is 15.5 Å². The number of hydrogen-bond acceptors (Lipinski definition) is 5. The molecule has 3 fully saturated rings. The fraction of sp³-hybridized carbons (Fsp3) is 0.640. The zero-order chi connectivity index (χ0) is 23.3. The first-order chi connectivity index (χ1) is 16.0. The number of carbonyl (C=O) groups excluding carboxylic acids is 3. The second-order valence-electron chi connectivity index (χ2n) is 9.67. The monoisotopic (exact) mass is 455 g/mol. The maximum Gasteiger partial charge on any atom is 0.325 e. The van der Waals surface area contributed by atoms with Crippen molar-refractivity contribution in [3.63, 3.8) is 0 Å². The number of urea groups is 1. The van der Waals surface area contributed by atoms with Crippen molar-refractivity contribution in [2.45, 2.75) is 63.6 Å². The van der Waals surface area contributed by atoms with E-state index in [9.17, 15) is 14.4 Å². The maximum atomic E-state index is 12.8. The summed E-state index contributed by atoms with van der Waals surface area (Å²) in [5.41, 5.74) is 0.596. The van der Waals surface area contributed by atoms with E-state index in [0.29, 0.717) is 19.4 Å². The van der Waals surface area contributed by atoms with E-state index in [2.05, 4.69) is 50.8 Å². The molecular formula is C25H37N5O3. The number of benzene rings is 1. The summed E-state index contributed by atoms with van der Waals surface area (Å²) in [6.07, 6.45) is 5.10. The number of imide groups is 1. The lowest BCUT2D eigenvalue weighted by molar-refractivity contribution is -0.137. The molecule has 2 heterocycles. The third-order valence-electron chi connectivity index (χ3n) is 7.33. The van der Waals surface area contributed by atoms with Crippen LogP contribution in [0.25, 0.3) is 0 Å². The maximum absolute atomic E-state index is 12.8. The molecule has 2 aliphatic heterocycles. The van der Waals surface area contributed by atoms with E-state index < -0.39 is 17.6 Å². The van der Waals surface area contributed by atoms with Crippen LogP contribution in [0.15, 0.2) is 30.3 Å². The number of piperazine rings is 1. The highest BCUT2D eigenvalue weighted by Gasteiger charge is 2.54. The first kappa shape index (κ1) is 23.7. The molecule has 1 spiro atoms. The minimum Gasteiger partial charge on any atom is -0.354 e. The van der Waals surface area contributed by atoms with Crippen molar-refractivity contribution in [3.05, 3.63) is 35.9 Å². The fourth-order valence-corrected chi connectivity index (χ4v) is 5.26. The Morgan fingerprint density at radius 2 is 1.70 bits per heavy atom. The summed E-state index contributed by atoms with van der Waals surface area (Å²) in [7, 11) is 0. The number of nitrogens with zero attached hydrogens (tertiary/aromatic N) is 3. The lowest BCUT2D eigenvalue weighted by Gasteiger charge is -2.34. The Balaban J connectivity index is 1.11. The van der Waals surface area contributed by atoms with E-state index in [1.807, 2.05) is 0 Å². The third kappa shape index (κ3) is 5.55. The molecule has 33 heavy (non-hydrogen) atoms. The van der Waals surface area contributed by atoms with Crippen LogP contribution >= 0.6 is 0 Å². The lowest BCUT2D eigenvalue weighted by atomic mass is 9.97. The molecule has 1 saturated carbocycles. The van der Waals surface area contributed by atoms with Gasteiger partial charge in [0.05, 0.1) is 0 Å². The molecule has 1 aliphatic carbocycles. The summed E-state index contributed by atoms with van der Waals surface area (Å²) >= 11 is 0. The largest absolute Gasteiger partial charge is 0.354 e. The van der Waals surface area contributed by atoms with Gasteiger partial charge in [-0.3, -0.25) is 14.5 Å². The number of amides is 4. The summed E-state index contributed by atoms with van der Waals surface area (Å²) in [5.74, 6) is -0.498. The molecular weight excluding hydrogens is 418 g/mol. The minimum atomic E-state index is -0.782. The van der Waals surface area contributed by atoms with E-state index >= 15 is 0 Å². The molecule has 1 unspecified atom stereocenters. The SMILES string of the molecule is CC(C(=O)NCCCCN1CCN(Cc2ccccc2)CC1)N1C(=O)NC2(CCCC2)C1=O. The highest BCUT2D eigenvalue weighted by Crippen LogP contribution is 2.35. The summed E-state index contributed by atoms with van der Waals surface area (Å²) < 4.78 is 0. The zero-order valence-corrected chi connectivity index (χ0v) is 19.7. The fourth-order valence-electron chi connectivity index (χ4n) is 5.26. The van der Waals surface area contributed by atoms with Gasteiger partial charge in [-0.1, -0.05) is 43.2 Å². The zero-order valence-electron chi connectivity index (χ0n) is 19.7. The normalized spacial score (nSPS) is 22.0. The molecule has 1 aromatic carbocycles. The first-order valence-electron chi connectivity index (χ1n) is 12.4. The summed E-state index contributed by atoms with van der Waals surface area (Å²) in [5, 5.41) is 5.75. The van der Waals surface area contributed by atoms with Gasteiger partial charge in [-0.2, -0.15) is 0 Å². The molecule has 3 aliphatic rings. The van der Waals surface area contributed by atoms with Crippen LogP contribution in [-0.4, -0.2) is 83.4 Å². The van der Waals surface area contributed by atoms with Crippen molar-refractivity contribution < 1.29 is 14.4 Å². The standard InChI is InChI=1S/C25H37N5O3/c1-20(30-23(32)25(27-24(30)33)11-5-6-12-25)22(31)26-13-7-8-14-28-15-17-29(18-16-28)19-21-9-3-2-4-10-21/h2-4,9-10,20H,5-8,11-19H2,1H3,(H,26,31)(H,27,33). The Hall–Kier alpha value is -2.45. The Morgan fingerprint density at radius 1 is 1.03 bits per heavy atom. The summed E-state index contributed by atoms with van der Waals surface area (Å²) in [6, 6.07) is 9.38. The molecule has 4 amide bonds. The topological polar surface area (TPSA) is 85.0 Å². The smallest absolute Gasteiger partial charge is 0.325 e. The highest BCUT2D eigenvalue weighted by atomic mass is 16.2. The Bertz CT molecular complexity index is 832. The van der Waals surface area contributed by atoms with E-state index in [1.54, 1.807) is 6.92 Å². The van der Waals surface area contributed by atoms with E-state index in [0.717, 1.165) is 69.9 Å². The van der Waals surface area contributed by atoms with Crippen LogP contribution in [0.5, 0.6) is 0 Å². The van der Waals surface area contributed by atoms with Crippen molar-refractivity contribution >= 4 is 17.8 Å². The van der Waals surface area contributed by atoms with Gasteiger partial charge in [0, 0.05) is 39.3 Å². The van der Waals surface area contributed by atoms with E-state index in [4.69, 9.17) is 0 Å². The molecule has 8 nitrogen and oxygen atoms in total. The average Bonchev–Trinajstić information content (AvgIpc) is 3.39. The molecule has 0 radical (unpaired) electrons. The Morgan fingerprint density at radius 3 is 2.39 bits per heavy atom. The lowest BCUT2D eigenvalue weighted by Crippen LogP contribution is -2.50. The second kappa shape index (κ2) is 10.7. The summed E-state index contributed by atoms with van der Waals surface area (Å²) in [4.78, 5) is 43.9. The predicted octanol–water partition coefficient (Wildman–Crippen LogP) is 1.95. The van der Waals surface area contributed by atoms with Crippen LogP contribution < -0.4 is 10.6 Å². The molecule has 1 atom stereocenters. The van der Waals surface area contributed by atoms with Crippen molar-refractivity contribution in [2.24, 2.45) is 0 Å². The minimum absolute atomic E-state index is 0.237. The van der Waals surface area contributed by atoms with E-state index in [1.165, 1.54) is 5.56 Å². The molecule has 8 heteroatoms. The molecule has 180 valence electrons. The molecule has 2 saturated heterocycles. The van der Waals surface area contributed by atoms with Gasteiger partial charge in [0.1, 0.15) is 11.6 Å². The van der Waals surface area contributed by atoms with Gasteiger partial charge in [0.25, 0.3) is 5.91 Å². The highest BCUT2D eigenvalue weighted by molar-refractivity contribution is 6.09. The van der Waals surface area contributed by atoms with Crippen molar-refractivity contribution in [1.82, 2.24) is 25.3 Å². The van der Waals surface area contributed by atoms with Crippen LogP contribution in [0.3, 0.4) is 0 Å². The number of hydrogen-bond donors (Lipinski definition) is 2. The Labute approximate surface area is 196 Å². The van der Waals surface area contributed by atoms with Gasteiger partial charge in [-0.25, -0.2) is 9.69 Å². The number of carbonyl (C=O) groups is 3. The van der Waals surface area contributed by atoms with Crippen LogP contribution in [0, 0.1) is 0 Å². The number of unbranched alkanes of at least 4 members (excludes halogenated alkanes) is 1. The molecule has 0 aromatic heterocycles. The van der Waals surface area contributed by atoms with E-state index in [-0.39, 0.29) is 11.8 Å². The predicted molar refractivity (Wildman–Crippen MR) is 126 cm³/mol. The second-order valence-corrected chi connectivity index (χ2v) is 9.67. The van der Waals surface area contributed by atoms with Crippen molar-refractivity contribution in [1.29, 1.82) is 0 Å². The van der Waals surface area contributed by atoms with Gasteiger partial charge in [-0.05, 0) is 44.7 Å². The molecule has 1 aromatic rings. The van der Waals surface area contributed by atoms with Crippen LogP contribution in [0.4, 0.5) is 4.79 Å². The number of rotatable bonds is 9. The van der Waals surface area contributed by atoms with Crippen LogP contribution in [0.1, 0.15) is 51.0 Å². The van der Waals surface area contributed by atoms with Gasteiger partial charge >= 0.3 is 6.03 Å². The average molecular weight is 456 g/mol. The van der Waals surface area contributed by atoms with Crippen molar-refractivity contribution in [3.8, 4) is 0 Å². The summed E-state index contributed by atoms with van der Waals surface area (Å²) in [6.45, 7) is 8.54. The quantitative estimate of drug-likeness (QED) is 0.439. The van der Waals surface area contributed by atoms with Gasteiger partial charge in [0.15, 0.2) is 0 Å². The third-order valence-corrected chi connectivity index (χ3v) is 7.33. The molecule has 2 N–H and O–H groups in total. The van der Waals surface area contributed by atoms with Crippen LogP contribution in [-0.2, 0) is 16.1 Å².